The number of nitrogens with one attached hydrogen (secondary N) is 2. The molecule has 0 heterocycles. The van der Waals surface area contributed by atoms with Gasteiger partial charge in [-0.05, 0) is 19.8 Å². The Labute approximate surface area is 83.2 Å². The van der Waals surface area contributed by atoms with Gasteiger partial charge in [0.05, 0.1) is 6.61 Å². The van der Waals surface area contributed by atoms with Crippen LogP contribution in [0.25, 0.3) is 0 Å². The predicted octanol–water partition coefficient (Wildman–Crippen LogP) is 0.401. The smallest absolute Gasteiger partial charge is 0.407 e. The number of carbonyl (C=O) groups excluding carboxylic acids is 2. The van der Waals surface area contributed by atoms with Crippen molar-refractivity contribution in [3.63, 3.8) is 0 Å². The number of amides is 2. The second-order valence-electron chi connectivity index (χ2n) is 3.24. The van der Waals surface area contributed by atoms with E-state index in [9.17, 15) is 9.59 Å². The summed E-state index contributed by atoms with van der Waals surface area (Å²) in [6.07, 6.45) is 2.01. The van der Waals surface area contributed by atoms with Crippen LogP contribution in [0, 0.1) is 0 Å². The summed E-state index contributed by atoms with van der Waals surface area (Å²) in [6.45, 7) is 2.41. The Hall–Kier alpha value is -1.26. The Morgan fingerprint density at radius 2 is 2.14 bits per heavy atom. The standard InChI is InChI=1S/C9H16N2O3/c1-2-14-9(13)10-6-5-8(12)11-7-3-4-7/h7H,2-6H2,1H3,(H,10,13)(H,11,12). The minimum absolute atomic E-state index is 0.00991. The zero-order valence-corrected chi connectivity index (χ0v) is 8.34. The minimum Gasteiger partial charge on any atom is -0.450 e. The van der Waals surface area contributed by atoms with Crippen molar-refractivity contribution in [2.45, 2.75) is 32.2 Å². The van der Waals surface area contributed by atoms with Crippen molar-refractivity contribution in [2.24, 2.45) is 0 Å². The molecule has 0 saturated heterocycles. The Kier molecular flexibility index (Phi) is 4.22. The quantitative estimate of drug-likeness (QED) is 0.675. The average Bonchev–Trinajstić information content (AvgIpc) is 2.88. The fourth-order valence-corrected chi connectivity index (χ4v) is 0.988. The van der Waals surface area contributed by atoms with Crippen LogP contribution in [-0.4, -0.2) is 31.2 Å². The van der Waals surface area contributed by atoms with Crippen molar-refractivity contribution in [1.82, 2.24) is 10.6 Å². The minimum atomic E-state index is -0.466. The van der Waals surface area contributed by atoms with E-state index in [1.807, 2.05) is 0 Å². The zero-order chi connectivity index (χ0) is 10.4. The third-order valence-corrected chi connectivity index (χ3v) is 1.84. The molecule has 1 aliphatic rings. The van der Waals surface area contributed by atoms with Crippen LogP contribution in [0.1, 0.15) is 26.2 Å². The van der Waals surface area contributed by atoms with E-state index in [0.717, 1.165) is 12.8 Å². The highest BCUT2D eigenvalue weighted by molar-refractivity contribution is 5.77. The van der Waals surface area contributed by atoms with Gasteiger partial charge in [0, 0.05) is 19.0 Å². The molecule has 1 aliphatic carbocycles. The van der Waals surface area contributed by atoms with Crippen LogP contribution in [0.5, 0.6) is 0 Å². The monoisotopic (exact) mass is 200 g/mol. The highest BCUT2D eigenvalue weighted by Gasteiger charge is 2.22. The van der Waals surface area contributed by atoms with E-state index in [1.165, 1.54) is 0 Å². The normalized spacial score (nSPS) is 14.6. The van der Waals surface area contributed by atoms with Gasteiger partial charge in [0.15, 0.2) is 0 Å². The number of carbonyl (C=O) groups is 2. The van der Waals surface area contributed by atoms with Crippen molar-refractivity contribution < 1.29 is 14.3 Å². The molecule has 1 fully saturated rings. The molecule has 0 atom stereocenters. The zero-order valence-electron chi connectivity index (χ0n) is 8.34. The van der Waals surface area contributed by atoms with Crippen molar-refractivity contribution in [1.29, 1.82) is 0 Å². The first-order valence-electron chi connectivity index (χ1n) is 4.92. The third-order valence-electron chi connectivity index (χ3n) is 1.84. The van der Waals surface area contributed by atoms with Crippen LogP contribution < -0.4 is 10.6 Å². The van der Waals surface area contributed by atoms with Crippen molar-refractivity contribution in [3.8, 4) is 0 Å². The molecule has 5 heteroatoms. The number of alkyl carbamates (subject to hydrolysis) is 1. The molecule has 0 aliphatic heterocycles. The fraction of sp³-hybridized carbons (Fsp3) is 0.778. The molecule has 0 aromatic heterocycles. The van der Waals surface area contributed by atoms with E-state index in [0.29, 0.717) is 25.6 Å². The Balaban J connectivity index is 1.96. The van der Waals surface area contributed by atoms with Gasteiger partial charge in [-0.2, -0.15) is 0 Å². The molecule has 1 saturated carbocycles. The molecule has 0 bridgehead atoms. The van der Waals surface area contributed by atoms with E-state index in [2.05, 4.69) is 15.4 Å². The lowest BCUT2D eigenvalue weighted by molar-refractivity contribution is -0.121. The maximum Gasteiger partial charge on any atom is 0.407 e. The molecule has 0 radical (unpaired) electrons. The van der Waals surface area contributed by atoms with E-state index in [4.69, 9.17) is 0 Å². The SMILES string of the molecule is CCOC(=O)NCCC(=O)NC1CC1. The van der Waals surface area contributed by atoms with Gasteiger partial charge in [-0.25, -0.2) is 4.79 Å². The summed E-state index contributed by atoms with van der Waals surface area (Å²) in [6, 6.07) is 0.380. The molecule has 14 heavy (non-hydrogen) atoms. The summed E-state index contributed by atoms with van der Waals surface area (Å²) in [5.41, 5.74) is 0. The second-order valence-corrected chi connectivity index (χ2v) is 3.24. The first-order valence-corrected chi connectivity index (χ1v) is 4.92. The lowest BCUT2D eigenvalue weighted by Crippen LogP contribution is -2.31. The molecule has 2 N–H and O–H groups in total. The maximum atomic E-state index is 11.1. The van der Waals surface area contributed by atoms with Crippen molar-refractivity contribution in [3.05, 3.63) is 0 Å². The summed E-state index contributed by atoms with van der Waals surface area (Å²) in [5.74, 6) is -0.00991. The molecule has 0 spiro atoms. The third kappa shape index (κ3) is 4.69. The molecule has 1 rings (SSSR count). The van der Waals surface area contributed by atoms with Crippen LogP contribution in [0.3, 0.4) is 0 Å². The molecule has 0 aromatic rings. The number of hydrogen-bond donors (Lipinski definition) is 2. The topological polar surface area (TPSA) is 67.4 Å². The maximum absolute atomic E-state index is 11.1. The number of hydrogen-bond acceptors (Lipinski definition) is 3. The molecule has 80 valence electrons. The summed E-state index contributed by atoms with van der Waals surface area (Å²) in [4.78, 5) is 21.9. The predicted molar refractivity (Wildman–Crippen MR) is 50.8 cm³/mol. The van der Waals surface area contributed by atoms with Crippen LogP contribution in [0.4, 0.5) is 4.79 Å². The summed E-state index contributed by atoms with van der Waals surface area (Å²) >= 11 is 0. The highest BCUT2D eigenvalue weighted by Crippen LogP contribution is 2.18. The Bertz CT molecular complexity index is 214. The second kappa shape index (κ2) is 5.47. The largest absolute Gasteiger partial charge is 0.450 e. The molecular formula is C9H16N2O3. The lowest BCUT2D eigenvalue weighted by atomic mass is 10.4. The molecule has 0 aromatic carbocycles. The van der Waals surface area contributed by atoms with Crippen LogP contribution in [0.2, 0.25) is 0 Å². The van der Waals surface area contributed by atoms with Crippen LogP contribution >= 0.6 is 0 Å². The van der Waals surface area contributed by atoms with E-state index < -0.39 is 6.09 Å². The van der Waals surface area contributed by atoms with Crippen LogP contribution in [-0.2, 0) is 9.53 Å². The van der Waals surface area contributed by atoms with E-state index in [-0.39, 0.29) is 5.91 Å². The first-order chi connectivity index (χ1) is 6.72. The van der Waals surface area contributed by atoms with Gasteiger partial charge in [0.2, 0.25) is 5.91 Å². The summed E-state index contributed by atoms with van der Waals surface area (Å²) < 4.78 is 4.64. The summed E-state index contributed by atoms with van der Waals surface area (Å²) in [5, 5.41) is 5.31. The fourth-order valence-electron chi connectivity index (χ4n) is 0.988. The van der Waals surface area contributed by atoms with Gasteiger partial charge in [-0.15, -0.1) is 0 Å². The first kappa shape index (κ1) is 10.8. The van der Waals surface area contributed by atoms with E-state index >= 15 is 0 Å². The molecule has 5 nitrogen and oxygen atoms in total. The number of ether oxygens (including phenoxy) is 1. The molecular weight excluding hydrogens is 184 g/mol. The van der Waals surface area contributed by atoms with Gasteiger partial charge in [0.1, 0.15) is 0 Å². The van der Waals surface area contributed by atoms with E-state index in [1.54, 1.807) is 6.92 Å². The summed E-state index contributed by atoms with van der Waals surface area (Å²) in [7, 11) is 0. The Morgan fingerprint density at radius 3 is 2.71 bits per heavy atom. The average molecular weight is 200 g/mol. The Morgan fingerprint density at radius 1 is 1.43 bits per heavy atom. The lowest BCUT2D eigenvalue weighted by Gasteiger charge is -2.05. The van der Waals surface area contributed by atoms with Gasteiger partial charge in [-0.1, -0.05) is 0 Å². The van der Waals surface area contributed by atoms with Gasteiger partial charge >= 0.3 is 6.09 Å². The van der Waals surface area contributed by atoms with Crippen molar-refractivity contribution >= 4 is 12.0 Å². The van der Waals surface area contributed by atoms with Gasteiger partial charge in [0.25, 0.3) is 0 Å². The van der Waals surface area contributed by atoms with Crippen molar-refractivity contribution in [2.75, 3.05) is 13.2 Å². The van der Waals surface area contributed by atoms with Gasteiger partial charge < -0.3 is 15.4 Å². The number of rotatable bonds is 5. The van der Waals surface area contributed by atoms with Crippen LogP contribution in [0.15, 0.2) is 0 Å². The molecule has 0 unspecified atom stereocenters. The van der Waals surface area contributed by atoms with Gasteiger partial charge in [-0.3, -0.25) is 4.79 Å². The molecule has 2 amide bonds. The highest BCUT2D eigenvalue weighted by atomic mass is 16.5.